The van der Waals surface area contributed by atoms with Gasteiger partial charge in [0.05, 0.1) is 10.5 Å². The van der Waals surface area contributed by atoms with E-state index in [4.69, 9.17) is 5.26 Å². The number of nitro groups is 1. The highest BCUT2D eigenvalue weighted by Crippen LogP contribution is 2.24. The monoisotopic (exact) mass is 429 g/mol. The largest absolute Gasteiger partial charge is 0.367 e. The predicted molar refractivity (Wildman–Crippen MR) is 121 cm³/mol. The van der Waals surface area contributed by atoms with Crippen LogP contribution in [0.1, 0.15) is 31.0 Å². The normalized spacial score (nSPS) is 14.1. The molecular weight excluding hydrogens is 406 g/mol. The fourth-order valence-corrected chi connectivity index (χ4v) is 3.72. The van der Waals surface area contributed by atoms with E-state index in [0.29, 0.717) is 11.4 Å². The maximum atomic E-state index is 10.9. The molecule has 0 unspecified atom stereocenters. The van der Waals surface area contributed by atoms with E-state index in [1.165, 1.54) is 12.1 Å². The fourth-order valence-electron chi connectivity index (χ4n) is 3.72. The molecule has 0 amide bonds. The summed E-state index contributed by atoms with van der Waals surface area (Å²) in [6.07, 6.45) is 4.23. The number of piperidine rings is 1. The standard InChI is InChI=1S/C23H23N7O2/c1-2-18-13-21(28-23(27-18)17-4-6-20(7-5-17)30(31)32)26-19-9-11-29(12-10-19)22-8-3-16(14-24)15-25-22/h3-8,13,15,19H,2,9-12H2,1H3,(H,26,27,28). The van der Waals surface area contributed by atoms with Crippen molar-refractivity contribution in [1.82, 2.24) is 15.0 Å². The third-order valence-electron chi connectivity index (χ3n) is 5.53. The van der Waals surface area contributed by atoms with Gasteiger partial charge in [-0.3, -0.25) is 10.1 Å². The third-order valence-corrected chi connectivity index (χ3v) is 5.53. The Bertz CT molecular complexity index is 1130. The van der Waals surface area contributed by atoms with Crippen LogP contribution in [0.5, 0.6) is 0 Å². The molecule has 1 N–H and O–H groups in total. The molecule has 1 aliphatic rings. The molecule has 9 heteroatoms. The Labute approximate surface area is 185 Å². The number of benzene rings is 1. The van der Waals surface area contributed by atoms with E-state index in [1.54, 1.807) is 24.4 Å². The van der Waals surface area contributed by atoms with Crippen LogP contribution < -0.4 is 10.2 Å². The summed E-state index contributed by atoms with van der Waals surface area (Å²) in [6, 6.07) is 14.3. The van der Waals surface area contributed by atoms with E-state index in [-0.39, 0.29) is 11.7 Å². The quantitative estimate of drug-likeness (QED) is 0.462. The zero-order valence-corrected chi connectivity index (χ0v) is 17.7. The van der Waals surface area contributed by atoms with Gasteiger partial charge in [-0.15, -0.1) is 0 Å². The zero-order valence-electron chi connectivity index (χ0n) is 17.7. The number of anilines is 2. The second-order valence-corrected chi connectivity index (χ2v) is 7.65. The molecule has 1 saturated heterocycles. The first-order valence-electron chi connectivity index (χ1n) is 10.6. The smallest absolute Gasteiger partial charge is 0.269 e. The lowest BCUT2D eigenvalue weighted by Gasteiger charge is -2.33. The summed E-state index contributed by atoms with van der Waals surface area (Å²) in [5.41, 5.74) is 2.26. The topological polar surface area (TPSA) is 121 Å². The average Bonchev–Trinajstić information content (AvgIpc) is 2.84. The Balaban J connectivity index is 1.44. The molecular formula is C23H23N7O2. The van der Waals surface area contributed by atoms with Crippen LogP contribution in [0.15, 0.2) is 48.7 Å². The van der Waals surface area contributed by atoms with Crippen LogP contribution in [0.2, 0.25) is 0 Å². The zero-order chi connectivity index (χ0) is 22.5. The highest BCUT2D eigenvalue weighted by molar-refractivity contribution is 5.59. The van der Waals surface area contributed by atoms with E-state index < -0.39 is 4.92 Å². The van der Waals surface area contributed by atoms with Crippen molar-refractivity contribution in [3.8, 4) is 17.5 Å². The first kappa shape index (κ1) is 21.2. The second-order valence-electron chi connectivity index (χ2n) is 7.65. The first-order chi connectivity index (χ1) is 15.6. The van der Waals surface area contributed by atoms with E-state index in [9.17, 15) is 10.1 Å². The fraction of sp³-hybridized carbons (Fsp3) is 0.304. The Morgan fingerprint density at radius 3 is 2.53 bits per heavy atom. The molecule has 2 aromatic heterocycles. The lowest BCUT2D eigenvalue weighted by Crippen LogP contribution is -2.39. The summed E-state index contributed by atoms with van der Waals surface area (Å²) in [6.45, 7) is 3.75. The molecule has 0 bridgehead atoms. The number of nitriles is 1. The highest BCUT2D eigenvalue weighted by Gasteiger charge is 2.21. The maximum Gasteiger partial charge on any atom is 0.269 e. The van der Waals surface area contributed by atoms with Crippen LogP contribution in [0.25, 0.3) is 11.4 Å². The first-order valence-corrected chi connectivity index (χ1v) is 10.6. The van der Waals surface area contributed by atoms with Crippen molar-refractivity contribution in [3.63, 3.8) is 0 Å². The van der Waals surface area contributed by atoms with Gasteiger partial charge in [-0.1, -0.05) is 6.92 Å². The number of aryl methyl sites for hydroxylation is 1. The molecule has 0 aliphatic carbocycles. The lowest BCUT2D eigenvalue weighted by atomic mass is 10.0. The molecule has 1 aliphatic heterocycles. The van der Waals surface area contributed by atoms with Gasteiger partial charge >= 0.3 is 0 Å². The molecule has 3 aromatic rings. The second kappa shape index (κ2) is 9.39. The molecule has 1 aromatic carbocycles. The van der Waals surface area contributed by atoms with E-state index in [0.717, 1.165) is 55.2 Å². The van der Waals surface area contributed by atoms with Crippen LogP contribution in [-0.2, 0) is 6.42 Å². The minimum Gasteiger partial charge on any atom is -0.367 e. The Hall–Kier alpha value is -4.06. The minimum absolute atomic E-state index is 0.0438. The van der Waals surface area contributed by atoms with Crippen molar-refractivity contribution in [1.29, 1.82) is 5.26 Å². The Morgan fingerprint density at radius 1 is 1.19 bits per heavy atom. The third kappa shape index (κ3) is 4.81. The van der Waals surface area contributed by atoms with Gasteiger partial charge in [0.15, 0.2) is 5.82 Å². The van der Waals surface area contributed by atoms with Crippen molar-refractivity contribution in [3.05, 3.63) is 70.0 Å². The summed E-state index contributed by atoms with van der Waals surface area (Å²) in [5.74, 6) is 2.21. The van der Waals surface area contributed by atoms with Crippen LogP contribution >= 0.6 is 0 Å². The maximum absolute atomic E-state index is 10.9. The van der Waals surface area contributed by atoms with Gasteiger partial charge in [-0.25, -0.2) is 15.0 Å². The SMILES string of the molecule is CCc1cc(NC2CCN(c3ccc(C#N)cn3)CC2)nc(-c2ccc([N+](=O)[O-])cc2)n1. The molecule has 0 radical (unpaired) electrons. The van der Waals surface area contributed by atoms with E-state index >= 15 is 0 Å². The van der Waals surface area contributed by atoms with Crippen molar-refractivity contribution in [2.24, 2.45) is 0 Å². The summed E-state index contributed by atoms with van der Waals surface area (Å²) in [4.78, 5) is 26.4. The van der Waals surface area contributed by atoms with Crippen molar-refractivity contribution in [2.45, 2.75) is 32.2 Å². The number of pyridine rings is 1. The van der Waals surface area contributed by atoms with Gasteiger partial charge < -0.3 is 10.2 Å². The average molecular weight is 429 g/mol. The van der Waals surface area contributed by atoms with Gasteiger partial charge in [-0.05, 0) is 43.5 Å². The van der Waals surface area contributed by atoms with E-state index in [1.807, 2.05) is 19.1 Å². The summed E-state index contributed by atoms with van der Waals surface area (Å²) >= 11 is 0. The number of nitrogens with zero attached hydrogens (tertiary/aromatic N) is 6. The van der Waals surface area contributed by atoms with Gasteiger partial charge in [0.1, 0.15) is 17.7 Å². The number of nitrogens with one attached hydrogen (secondary N) is 1. The van der Waals surface area contributed by atoms with Crippen LogP contribution in [0, 0.1) is 21.4 Å². The number of non-ortho nitro benzene ring substituents is 1. The predicted octanol–water partition coefficient (Wildman–Crippen LogP) is 3.96. The van der Waals surface area contributed by atoms with Gasteiger partial charge in [-0.2, -0.15) is 5.26 Å². The molecule has 1 fully saturated rings. The van der Waals surface area contributed by atoms with Gasteiger partial charge in [0.25, 0.3) is 5.69 Å². The molecule has 162 valence electrons. The number of hydrogen-bond donors (Lipinski definition) is 1. The molecule has 4 rings (SSSR count). The number of hydrogen-bond acceptors (Lipinski definition) is 8. The summed E-state index contributed by atoms with van der Waals surface area (Å²) in [7, 11) is 0. The van der Waals surface area contributed by atoms with Crippen LogP contribution in [-0.4, -0.2) is 39.0 Å². The molecule has 0 saturated carbocycles. The molecule has 9 nitrogen and oxygen atoms in total. The number of rotatable bonds is 6. The lowest BCUT2D eigenvalue weighted by molar-refractivity contribution is -0.384. The Kier molecular flexibility index (Phi) is 6.22. The Morgan fingerprint density at radius 2 is 1.94 bits per heavy atom. The number of aromatic nitrogens is 3. The van der Waals surface area contributed by atoms with Crippen molar-refractivity contribution in [2.75, 3.05) is 23.3 Å². The molecule has 32 heavy (non-hydrogen) atoms. The molecule has 0 spiro atoms. The van der Waals surface area contributed by atoms with Crippen LogP contribution in [0.4, 0.5) is 17.3 Å². The van der Waals surface area contributed by atoms with Crippen molar-refractivity contribution < 1.29 is 4.92 Å². The van der Waals surface area contributed by atoms with E-state index in [2.05, 4.69) is 31.2 Å². The van der Waals surface area contributed by atoms with Crippen molar-refractivity contribution >= 4 is 17.3 Å². The summed E-state index contributed by atoms with van der Waals surface area (Å²) in [5, 5.41) is 23.4. The van der Waals surface area contributed by atoms with Gasteiger partial charge in [0, 0.05) is 54.8 Å². The molecule has 0 atom stereocenters. The minimum atomic E-state index is -0.417. The summed E-state index contributed by atoms with van der Waals surface area (Å²) < 4.78 is 0. The van der Waals surface area contributed by atoms with Crippen LogP contribution in [0.3, 0.4) is 0 Å². The van der Waals surface area contributed by atoms with Gasteiger partial charge in [0.2, 0.25) is 0 Å². The molecule has 3 heterocycles. The highest BCUT2D eigenvalue weighted by atomic mass is 16.6. The number of nitro benzene ring substituents is 1.